The van der Waals surface area contributed by atoms with E-state index in [0.717, 1.165) is 39.0 Å². The summed E-state index contributed by atoms with van der Waals surface area (Å²) in [6, 6.07) is 25.8. The van der Waals surface area contributed by atoms with Gasteiger partial charge in [0, 0.05) is 17.5 Å². The quantitative estimate of drug-likeness (QED) is 0.269. The Morgan fingerprint density at radius 3 is 2.18 bits per heavy atom. The number of benzene rings is 3. The van der Waals surface area contributed by atoms with Gasteiger partial charge in [0.25, 0.3) is 5.78 Å². The molecule has 1 unspecified atom stereocenters. The maximum Gasteiger partial charge on any atom is 0.274 e. The molecule has 0 fully saturated rings. The fourth-order valence-corrected chi connectivity index (χ4v) is 4.12. The summed E-state index contributed by atoms with van der Waals surface area (Å²) in [4.78, 5) is 8.98. The van der Waals surface area contributed by atoms with Crippen LogP contribution in [0, 0.1) is 0 Å². The zero-order valence-corrected chi connectivity index (χ0v) is 23.5. The minimum Gasteiger partial charge on any atom is -0.382 e. The molecule has 0 amide bonds. The normalized spacial score (nSPS) is 10.9. The monoisotopic (exact) mass is 523 g/mol. The second kappa shape index (κ2) is 14.5. The number of rotatable bonds is 5. The van der Waals surface area contributed by atoms with Gasteiger partial charge in [-0.1, -0.05) is 113 Å². The Hall–Kier alpha value is -4.43. The second-order valence-electron chi connectivity index (χ2n) is 7.83. The molecule has 3 heterocycles. The van der Waals surface area contributed by atoms with Gasteiger partial charge in [-0.15, -0.1) is 0 Å². The smallest absolute Gasteiger partial charge is 0.274 e. The lowest BCUT2D eigenvalue weighted by atomic mass is 10.0. The third kappa shape index (κ3) is 6.35. The molecule has 0 spiro atoms. The second-order valence-corrected chi connectivity index (χ2v) is 7.83. The van der Waals surface area contributed by atoms with Gasteiger partial charge in [0.2, 0.25) is 0 Å². The molecule has 3 aromatic heterocycles. The summed E-state index contributed by atoms with van der Waals surface area (Å²) in [5, 5.41) is 24.1. The van der Waals surface area contributed by atoms with Crippen molar-refractivity contribution in [1.29, 1.82) is 0 Å². The van der Waals surface area contributed by atoms with Gasteiger partial charge >= 0.3 is 0 Å². The Balaban J connectivity index is 0.000000657. The SMILES string of the molecule is CC.CC.CC.OC(c1ccc2c(c1)c(-c1ccccc1)nc1nnnn12)c1cncn1Cc1ccccc1. The van der Waals surface area contributed by atoms with Crippen molar-refractivity contribution in [1.82, 2.24) is 34.6 Å². The highest BCUT2D eigenvalue weighted by molar-refractivity contribution is 5.94. The average molecular weight is 524 g/mol. The third-order valence-electron chi connectivity index (χ3n) is 5.75. The number of tetrazole rings is 1. The van der Waals surface area contributed by atoms with Gasteiger partial charge in [0.15, 0.2) is 0 Å². The molecule has 6 rings (SSSR count). The molecule has 8 heteroatoms. The molecule has 1 N–H and O–H groups in total. The van der Waals surface area contributed by atoms with E-state index in [9.17, 15) is 5.11 Å². The van der Waals surface area contributed by atoms with Gasteiger partial charge in [0.05, 0.1) is 29.4 Å². The van der Waals surface area contributed by atoms with E-state index in [1.165, 1.54) is 0 Å². The van der Waals surface area contributed by atoms with Crippen LogP contribution in [0.5, 0.6) is 0 Å². The first-order chi connectivity index (χ1) is 19.3. The van der Waals surface area contributed by atoms with Crippen LogP contribution in [0.1, 0.15) is 64.5 Å². The average Bonchev–Trinajstić information content (AvgIpc) is 3.70. The molecule has 0 bridgehead atoms. The van der Waals surface area contributed by atoms with Crippen molar-refractivity contribution >= 4 is 16.7 Å². The lowest BCUT2D eigenvalue weighted by molar-refractivity contribution is 0.210. The van der Waals surface area contributed by atoms with Crippen molar-refractivity contribution in [3.05, 3.63) is 108 Å². The molecule has 39 heavy (non-hydrogen) atoms. The van der Waals surface area contributed by atoms with Gasteiger partial charge in [-0.25, -0.2) is 9.97 Å². The molecule has 0 radical (unpaired) electrons. The van der Waals surface area contributed by atoms with Gasteiger partial charge in [-0.05, 0) is 33.7 Å². The first-order valence-corrected chi connectivity index (χ1v) is 13.6. The van der Waals surface area contributed by atoms with Crippen molar-refractivity contribution in [3.8, 4) is 11.3 Å². The molecular weight excluding hydrogens is 486 g/mol. The summed E-state index contributed by atoms with van der Waals surface area (Å²) in [6.45, 7) is 12.6. The molecule has 0 saturated carbocycles. The molecule has 6 aromatic rings. The van der Waals surface area contributed by atoms with E-state index in [1.54, 1.807) is 17.0 Å². The van der Waals surface area contributed by atoms with Crippen LogP contribution in [0.2, 0.25) is 0 Å². The minimum atomic E-state index is -0.853. The Morgan fingerprint density at radius 1 is 0.821 bits per heavy atom. The summed E-state index contributed by atoms with van der Waals surface area (Å²) in [7, 11) is 0. The highest BCUT2D eigenvalue weighted by Gasteiger charge is 2.19. The molecule has 0 aliphatic heterocycles. The third-order valence-corrected chi connectivity index (χ3v) is 5.75. The molecule has 202 valence electrons. The molecule has 3 aromatic carbocycles. The van der Waals surface area contributed by atoms with Crippen molar-refractivity contribution in [2.24, 2.45) is 0 Å². The molecule has 0 saturated heterocycles. The first kappa shape index (κ1) is 29.1. The summed E-state index contributed by atoms with van der Waals surface area (Å²) in [5.41, 5.74) is 5.13. The van der Waals surface area contributed by atoms with Crippen LogP contribution in [0.15, 0.2) is 91.4 Å². The highest BCUT2D eigenvalue weighted by atomic mass is 16.3. The minimum absolute atomic E-state index is 0.426. The van der Waals surface area contributed by atoms with Gasteiger partial charge in [0.1, 0.15) is 6.10 Å². The standard InChI is InChI=1S/C25H19N7O.3C2H6/c33-24(22-14-26-16-31(22)15-17-7-3-1-4-8-17)19-11-12-21-20(13-19)23(18-9-5-2-6-10-18)27-25-28-29-30-32(21)25;3*1-2/h1-14,16,24,33H,15H2;3*1-2H3. The van der Waals surface area contributed by atoms with Gasteiger partial charge < -0.3 is 9.67 Å². The van der Waals surface area contributed by atoms with E-state index in [2.05, 4.69) is 32.6 Å². The first-order valence-electron chi connectivity index (χ1n) is 13.6. The van der Waals surface area contributed by atoms with Crippen LogP contribution < -0.4 is 0 Å². The van der Waals surface area contributed by atoms with E-state index in [0.29, 0.717) is 12.3 Å². The number of aromatic nitrogens is 7. The Bertz CT molecular complexity index is 1560. The van der Waals surface area contributed by atoms with Crippen molar-refractivity contribution in [2.75, 3.05) is 0 Å². The summed E-state index contributed by atoms with van der Waals surface area (Å²) < 4.78 is 3.57. The van der Waals surface area contributed by atoms with Crippen LogP contribution in [0.4, 0.5) is 0 Å². The van der Waals surface area contributed by atoms with E-state index < -0.39 is 6.10 Å². The number of nitrogens with zero attached hydrogens (tertiary/aromatic N) is 7. The molecule has 1 atom stereocenters. The molecule has 8 nitrogen and oxygen atoms in total. The number of aliphatic hydroxyl groups excluding tert-OH is 1. The predicted molar refractivity (Wildman–Crippen MR) is 157 cm³/mol. The van der Waals surface area contributed by atoms with Crippen molar-refractivity contribution in [2.45, 2.75) is 54.2 Å². The maximum atomic E-state index is 11.3. The molecular formula is C31H37N7O. The van der Waals surface area contributed by atoms with E-state index in [1.807, 2.05) is 113 Å². The van der Waals surface area contributed by atoms with E-state index in [4.69, 9.17) is 4.98 Å². The number of fused-ring (bicyclic) bond motifs is 3. The van der Waals surface area contributed by atoms with Crippen LogP contribution in [-0.4, -0.2) is 39.7 Å². The lowest BCUT2D eigenvalue weighted by Gasteiger charge is -2.16. The predicted octanol–water partition coefficient (Wildman–Crippen LogP) is 6.74. The number of hydrogen-bond acceptors (Lipinski definition) is 6. The Kier molecular flexibility index (Phi) is 10.8. The Morgan fingerprint density at radius 2 is 1.49 bits per heavy atom. The van der Waals surface area contributed by atoms with Crippen LogP contribution in [0.3, 0.4) is 0 Å². The van der Waals surface area contributed by atoms with Crippen LogP contribution in [-0.2, 0) is 6.54 Å². The summed E-state index contributed by atoms with van der Waals surface area (Å²) in [5.74, 6) is 0.426. The van der Waals surface area contributed by atoms with Crippen LogP contribution in [0.25, 0.3) is 27.9 Å². The van der Waals surface area contributed by atoms with E-state index >= 15 is 0 Å². The van der Waals surface area contributed by atoms with E-state index in [-0.39, 0.29) is 0 Å². The van der Waals surface area contributed by atoms with Gasteiger partial charge in [-0.2, -0.15) is 4.52 Å². The zero-order valence-electron chi connectivity index (χ0n) is 23.5. The number of aliphatic hydroxyl groups is 1. The zero-order chi connectivity index (χ0) is 28.2. The molecule has 0 aliphatic rings. The fraction of sp³-hybridized carbons (Fsp3) is 0.258. The number of imidazole rings is 1. The largest absolute Gasteiger partial charge is 0.382 e. The van der Waals surface area contributed by atoms with Gasteiger partial charge in [-0.3, -0.25) is 0 Å². The fourth-order valence-electron chi connectivity index (χ4n) is 4.12. The Labute approximate surface area is 230 Å². The van der Waals surface area contributed by atoms with Crippen molar-refractivity contribution < 1.29 is 5.11 Å². The molecule has 0 aliphatic carbocycles. The number of hydrogen-bond donors (Lipinski definition) is 1. The van der Waals surface area contributed by atoms with Crippen LogP contribution >= 0.6 is 0 Å². The lowest BCUT2D eigenvalue weighted by Crippen LogP contribution is -2.09. The summed E-state index contributed by atoms with van der Waals surface area (Å²) >= 11 is 0. The maximum absolute atomic E-state index is 11.3. The van der Waals surface area contributed by atoms with Crippen molar-refractivity contribution in [3.63, 3.8) is 0 Å². The topological polar surface area (TPSA) is 94.0 Å². The summed E-state index contributed by atoms with van der Waals surface area (Å²) in [6.07, 6.45) is 2.60. The highest BCUT2D eigenvalue weighted by Crippen LogP contribution is 2.31.